The summed E-state index contributed by atoms with van der Waals surface area (Å²) in [4.78, 5) is 48.4. The molecule has 2 aromatic rings. The third-order valence-corrected chi connectivity index (χ3v) is 10.9. The number of rotatable bonds is 13. The molecule has 5 rings (SSSR count). The highest BCUT2D eigenvalue weighted by Crippen LogP contribution is 2.66. The first kappa shape index (κ1) is 30.4. The van der Waals surface area contributed by atoms with Crippen molar-refractivity contribution >= 4 is 46.8 Å². The molecule has 3 heterocycles. The number of hydrogen-bond acceptors (Lipinski definition) is 5. The van der Waals surface area contributed by atoms with Gasteiger partial charge in [0.15, 0.2) is 0 Å². The van der Waals surface area contributed by atoms with Gasteiger partial charge in [-0.2, -0.15) is 0 Å². The molecule has 3 saturated heterocycles. The van der Waals surface area contributed by atoms with E-state index in [0.29, 0.717) is 49.6 Å². The van der Waals surface area contributed by atoms with Crippen molar-refractivity contribution in [3.8, 4) is 0 Å². The van der Waals surface area contributed by atoms with Crippen LogP contribution in [0.25, 0.3) is 0 Å². The molecule has 0 saturated carbocycles. The van der Waals surface area contributed by atoms with Crippen LogP contribution < -0.4 is 4.90 Å². The number of thioether (sulfide) groups is 1. The minimum Gasteiger partial charge on any atom is -0.396 e. The highest BCUT2D eigenvalue weighted by atomic mass is 35.5. The first-order chi connectivity index (χ1) is 20.4. The predicted molar refractivity (Wildman–Crippen MR) is 168 cm³/mol. The molecule has 2 aromatic carbocycles. The summed E-state index contributed by atoms with van der Waals surface area (Å²) >= 11 is 7.80. The maximum Gasteiger partial charge on any atom is 0.251 e. The molecule has 5 atom stereocenters. The van der Waals surface area contributed by atoms with Crippen LogP contribution in [0, 0.1) is 11.8 Å². The molecular weight excluding hydrogens is 570 g/mol. The van der Waals surface area contributed by atoms with Crippen LogP contribution in [0.3, 0.4) is 0 Å². The molecule has 1 N–H and O–H groups in total. The molecule has 0 radical (unpaired) electrons. The number of unbranched alkanes of at least 4 members (excludes halogenated alkanes) is 1. The third kappa shape index (κ3) is 5.52. The normalized spacial score (nSPS) is 25.8. The molecule has 7 nitrogen and oxygen atoms in total. The second kappa shape index (κ2) is 13.1. The fourth-order valence-electron chi connectivity index (χ4n) is 6.97. The van der Waals surface area contributed by atoms with Gasteiger partial charge in [0.2, 0.25) is 11.8 Å². The summed E-state index contributed by atoms with van der Waals surface area (Å²) in [6.45, 7) is 9.19. The van der Waals surface area contributed by atoms with Crippen molar-refractivity contribution in [1.82, 2.24) is 9.80 Å². The number of anilines is 1. The van der Waals surface area contributed by atoms with Gasteiger partial charge in [0.1, 0.15) is 6.04 Å². The Morgan fingerprint density at radius 3 is 2.43 bits per heavy atom. The third-order valence-electron chi connectivity index (χ3n) is 8.72. The summed E-state index contributed by atoms with van der Waals surface area (Å²) in [5.41, 5.74) is 1.69. The standard InChI is InChI=1S/C33H38ClN3O4S/c1-3-18-35(22-23-10-6-5-7-11-23)30(39)27-26-16-17-33(42-26)28(27)31(40)37(20-8-9-21-38)29(33)32(41)36(19-4-2)25-14-12-24(34)13-15-25/h3-7,10-15,26-29,38H,1-2,8-9,16-22H2/t26-,27+,28-,29?,33?/m0/s1. The second-order valence-electron chi connectivity index (χ2n) is 11.2. The zero-order valence-corrected chi connectivity index (χ0v) is 25.3. The Labute approximate surface area is 257 Å². The number of carbonyl (C=O) groups excluding carboxylic acids is 3. The van der Waals surface area contributed by atoms with Crippen LogP contribution in [0.2, 0.25) is 5.02 Å². The maximum absolute atomic E-state index is 14.6. The fraction of sp³-hybridized carbons (Fsp3) is 0.424. The first-order valence-corrected chi connectivity index (χ1v) is 15.8. The lowest BCUT2D eigenvalue weighted by molar-refractivity contribution is -0.144. The second-order valence-corrected chi connectivity index (χ2v) is 13.3. The van der Waals surface area contributed by atoms with Crippen molar-refractivity contribution in [2.24, 2.45) is 11.8 Å². The number of amides is 3. The monoisotopic (exact) mass is 607 g/mol. The van der Waals surface area contributed by atoms with Crippen LogP contribution >= 0.6 is 23.4 Å². The van der Waals surface area contributed by atoms with Gasteiger partial charge in [-0.1, -0.05) is 54.1 Å². The number of nitrogens with zero attached hydrogens (tertiary/aromatic N) is 3. The van der Waals surface area contributed by atoms with E-state index in [4.69, 9.17) is 11.6 Å². The van der Waals surface area contributed by atoms with Gasteiger partial charge < -0.3 is 19.8 Å². The van der Waals surface area contributed by atoms with E-state index in [1.807, 2.05) is 30.3 Å². The number of benzene rings is 2. The van der Waals surface area contributed by atoms with Crippen molar-refractivity contribution in [3.05, 3.63) is 90.5 Å². The van der Waals surface area contributed by atoms with Gasteiger partial charge in [0, 0.05) is 48.7 Å². The Morgan fingerprint density at radius 2 is 1.76 bits per heavy atom. The number of likely N-dealkylation sites (tertiary alicyclic amines) is 1. The van der Waals surface area contributed by atoms with Crippen molar-refractivity contribution in [2.75, 3.05) is 31.1 Å². The summed E-state index contributed by atoms with van der Waals surface area (Å²) in [6, 6.07) is 16.2. The lowest BCUT2D eigenvalue weighted by atomic mass is 9.70. The summed E-state index contributed by atoms with van der Waals surface area (Å²) in [5, 5.41) is 9.99. The summed E-state index contributed by atoms with van der Waals surface area (Å²) in [7, 11) is 0. The van der Waals surface area contributed by atoms with Crippen LogP contribution in [0.4, 0.5) is 5.69 Å². The lowest BCUT2D eigenvalue weighted by Gasteiger charge is -2.37. The van der Waals surface area contributed by atoms with E-state index in [0.717, 1.165) is 12.0 Å². The average Bonchev–Trinajstić information content (AvgIpc) is 3.64. The Hall–Kier alpha value is -3.07. The first-order valence-electron chi connectivity index (χ1n) is 14.6. The van der Waals surface area contributed by atoms with Gasteiger partial charge in [-0.3, -0.25) is 14.4 Å². The largest absolute Gasteiger partial charge is 0.396 e. The van der Waals surface area contributed by atoms with E-state index in [1.165, 1.54) is 0 Å². The number of fused-ring (bicyclic) bond motifs is 1. The Kier molecular flexibility index (Phi) is 9.45. The van der Waals surface area contributed by atoms with Crippen LogP contribution in [-0.2, 0) is 20.9 Å². The van der Waals surface area contributed by atoms with Gasteiger partial charge >= 0.3 is 0 Å². The quantitative estimate of drug-likeness (QED) is 0.258. The van der Waals surface area contributed by atoms with Crippen molar-refractivity contribution in [3.63, 3.8) is 0 Å². The van der Waals surface area contributed by atoms with E-state index in [-0.39, 0.29) is 36.1 Å². The number of hydrogen-bond donors (Lipinski definition) is 1. The average molecular weight is 608 g/mol. The smallest absolute Gasteiger partial charge is 0.251 e. The number of halogens is 1. The number of aliphatic hydroxyl groups is 1. The Morgan fingerprint density at radius 1 is 1.05 bits per heavy atom. The van der Waals surface area contributed by atoms with Gasteiger partial charge in [-0.25, -0.2) is 0 Å². The summed E-state index contributed by atoms with van der Waals surface area (Å²) in [5.74, 6) is -1.46. The van der Waals surface area contributed by atoms with Crippen LogP contribution in [0.1, 0.15) is 31.2 Å². The topological polar surface area (TPSA) is 81.2 Å². The van der Waals surface area contributed by atoms with Crippen LogP contribution in [-0.4, -0.2) is 74.9 Å². The highest BCUT2D eigenvalue weighted by Gasteiger charge is 2.74. The highest BCUT2D eigenvalue weighted by molar-refractivity contribution is 8.02. The minimum atomic E-state index is -0.723. The van der Waals surface area contributed by atoms with Crippen molar-refractivity contribution in [2.45, 2.75) is 48.3 Å². The molecule has 3 fully saturated rings. The number of carbonyl (C=O) groups is 3. The predicted octanol–water partition coefficient (Wildman–Crippen LogP) is 4.94. The van der Waals surface area contributed by atoms with Crippen LogP contribution in [0.5, 0.6) is 0 Å². The summed E-state index contributed by atoms with van der Waals surface area (Å²) in [6.07, 6.45) is 5.96. The Balaban J connectivity index is 1.51. The minimum absolute atomic E-state index is 0.0104. The van der Waals surface area contributed by atoms with Crippen molar-refractivity contribution < 1.29 is 19.5 Å². The zero-order valence-electron chi connectivity index (χ0n) is 23.7. The maximum atomic E-state index is 14.6. The van der Waals surface area contributed by atoms with E-state index < -0.39 is 22.6 Å². The Bertz CT molecular complexity index is 1320. The van der Waals surface area contributed by atoms with Gasteiger partial charge in [0.05, 0.1) is 16.6 Å². The van der Waals surface area contributed by atoms with E-state index >= 15 is 0 Å². The van der Waals surface area contributed by atoms with E-state index in [2.05, 4.69) is 13.2 Å². The molecule has 0 aromatic heterocycles. The van der Waals surface area contributed by atoms with Gasteiger partial charge in [-0.15, -0.1) is 24.9 Å². The fourth-order valence-corrected chi connectivity index (χ4v) is 9.30. The molecule has 42 heavy (non-hydrogen) atoms. The zero-order chi connectivity index (χ0) is 29.9. The van der Waals surface area contributed by atoms with Gasteiger partial charge in [-0.05, 0) is 55.5 Å². The van der Waals surface area contributed by atoms with Gasteiger partial charge in [0.25, 0.3) is 5.91 Å². The molecule has 0 aliphatic carbocycles. The molecule has 1 spiro atoms. The molecule has 2 bridgehead atoms. The molecule has 9 heteroatoms. The van der Waals surface area contributed by atoms with Crippen LogP contribution in [0.15, 0.2) is 79.9 Å². The molecule has 3 amide bonds. The SMILES string of the molecule is C=CCN(Cc1ccccc1)C(=O)[C@@H]1[C@@H]2CCC3(S2)C(C(=O)N(CC=C)c2ccc(Cl)cc2)N(CCCCO)C(=O)[C@H]13. The molecular formula is C33H38ClN3O4S. The number of aliphatic hydroxyl groups excluding tert-OH is 1. The van der Waals surface area contributed by atoms with E-state index in [9.17, 15) is 19.5 Å². The molecule has 3 aliphatic heterocycles. The molecule has 3 aliphatic rings. The van der Waals surface area contributed by atoms with E-state index in [1.54, 1.807) is 62.9 Å². The molecule has 222 valence electrons. The lowest BCUT2D eigenvalue weighted by Crippen LogP contribution is -2.55. The van der Waals surface area contributed by atoms with Crippen molar-refractivity contribution in [1.29, 1.82) is 0 Å². The molecule has 2 unspecified atom stereocenters. The summed E-state index contributed by atoms with van der Waals surface area (Å²) < 4.78 is -0.698.